The van der Waals surface area contributed by atoms with Crippen LogP contribution in [0.3, 0.4) is 0 Å². The molecule has 0 aromatic heterocycles. The molecule has 0 aliphatic carbocycles. The maximum absolute atomic E-state index is 10.9. The molecule has 1 N–H and O–H groups in total. The first-order chi connectivity index (χ1) is 5.88. The zero-order valence-electron chi connectivity index (χ0n) is 6.71. The lowest BCUT2D eigenvalue weighted by Gasteiger charge is -2.05. The molecule has 13 heavy (non-hydrogen) atoms. The second kappa shape index (κ2) is 4.02. The van der Waals surface area contributed by atoms with Crippen molar-refractivity contribution in [2.24, 2.45) is 0 Å². The van der Waals surface area contributed by atoms with Crippen LogP contribution in [0.5, 0.6) is 0 Å². The van der Waals surface area contributed by atoms with Gasteiger partial charge in [-0.25, -0.2) is 8.42 Å². The van der Waals surface area contributed by atoms with Gasteiger partial charge in [0.25, 0.3) is 0 Å². The zero-order chi connectivity index (χ0) is 10.1. The topological polar surface area (TPSA) is 46.2 Å². The Bertz CT molecular complexity index is 419. The lowest BCUT2D eigenvalue weighted by molar-refractivity contribution is 0.607. The Morgan fingerprint density at radius 2 is 2.08 bits per heavy atom. The third-order valence-electron chi connectivity index (χ3n) is 1.22. The molecule has 0 saturated carbocycles. The fraction of sp³-hybridized carbons (Fsp3) is 0.143. The molecule has 0 fully saturated rings. The Morgan fingerprint density at radius 3 is 2.62 bits per heavy atom. The number of rotatable bonds is 2. The summed E-state index contributed by atoms with van der Waals surface area (Å²) in [6.45, 7) is 0. The normalized spacial score (nSPS) is 11.3. The summed E-state index contributed by atoms with van der Waals surface area (Å²) in [6.07, 6.45) is 1.09. The average molecular weight is 332 g/mol. The van der Waals surface area contributed by atoms with Gasteiger partial charge in [0.2, 0.25) is 10.0 Å². The summed E-state index contributed by atoms with van der Waals surface area (Å²) in [5.41, 5.74) is 0.413. The molecule has 1 rings (SSSR count). The van der Waals surface area contributed by atoms with Gasteiger partial charge in [0.15, 0.2) is 0 Å². The predicted molar refractivity (Wildman–Crippen MR) is 62.6 cm³/mol. The van der Waals surface area contributed by atoms with Crippen LogP contribution in [0.2, 0.25) is 5.02 Å². The Balaban J connectivity index is 3.08. The number of hydrogen-bond acceptors (Lipinski definition) is 2. The summed E-state index contributed by atoms with van der Waals surface area (Å²) in [4.78, 5) is 0. The van der Waals surface area contributed by atoms with Crippen LogP contribution in [0.25, 0.3) is 0 Å². The van der Waals surface area contributed by atoms with E-state index in [1.807, 2.05) is 0 Å². The molecule has 0 amide bonds. The molecule has 0 saturated heterocycles. The molecule has 0 aliphatic heterocycles. The molecule has 1 aromatic carbocycles. The van der Waals surface area contributed by atoms with E-state index >= 15 is 0 Å². The van der Waals surface area contributed by atoms with E-state index < -0.39 is 10.0 Å². The van der Waals surface area contributed by atoms with Crippen molar-refractivity contribution in [3.63, 3.8) is 0 Å². The van der Waals surface area contributed by atoms with Crippen molar-refractivity contribution in [2.75, 3.05) is 11.0 Å². The molecule has 0 atom stereocenters. The van der Waals surface area contributed by atoms with Crippen molar-refractivity contribution in [1.29, 1.82) is 0 Å². The second-order valence-corrected chi connectivity index (χ2v) is 5.90. The van der Waals surface area contributed by atoms with E-state index in [2.05, 4.69) is 27.3 Å². The molecule has 0 spiro atoms. The van der Waals surface area contributed by atoms with Gasteiger partial charge >= 0.3 is 0 Å². The Kier molecular flexibility index (Phi) is 3.42. The van der Waals surface area contributed by atoms with Gasteiger partial charge < -0.3 is 0 Å². The fourth-order valence-corrected chi connectivity index (χ4v) is 2.06. The van der Waals surface area contributed by atoms with Gasteiger partial charge in [-0.2, -0.15) is 0 Å². The van der Waals surface area contributed by atoms with Crippen LogP contribution in [0, 0.1) is 3.57 Å². The Morgan fingerprint density at radius 1 is 1.46 bits per heavy atom. The van der Waals surface area contributed by atoms with Gasteiger partial charge in [0.1, 0.15) is 0 Å². The second-order valence-electron chi connectivity index (χ2n) is 2.50. The first kappa shape index (κ1) is 11.1. The quantitative estimate of drug-likeness (QED) is 0.845. The van der Waals surface area contributed by atoms with Crippen LogP contribution in [0.15, 0.2) is 18.2 Å². The first-order valence-electron chi connectivity index (χ1n) is 3.31. The third kappa shape index (κ3) is 3.70. The summed E-state index contributed by atoms with van der Waals surface area (Å²) in [7, 11) is -3.25. The van der Waals surface area contributed by atoms with Crippen LogP contribution in [0.4, 0.5) is 5.69 Å². The molecule has 0 bridgehead atoms. The van der Waals surface area contributed by atoms with Crippen molar-refractivity contribution >= 4 is 49.9 Å². The lowest BCUT2D eigenvalue weighted by Crippen LogP contribution is -2.09. The van der Waals surface area contributed by atoms with Crippen LogP contribution in [-0.4, -0.2) is 14.7 Å². The molecule has 3 nitrogen and oxygen atoms in total. The van der Waals surface area contributed by atoms with Crippen molar-refractivity contribution in [2.45, 2.75) is 0 Å². The Hall–Kier alpha value is -0.0100. The highest BCUT2D eigenvalue weighted by atomic mass is 127. The van der Waals surface area contributed by atoms with Crippen LogP contribution < -0.4 is 4.72 Å². The highest BCUT2D eigenvalue weighted by molar-refractivity contribution is 14.1. The first-order valence-corrected chi connectivity index (χ1v) is 6.66. The lowest BCUT2D eigenvalue weighted by atomic mass is 10.3. The van der Waals surface area contributed by atoms with E-state index in [1.54, 1.807) is 18.2 Å². The van der Waals surface area contributed by atoms with Crippen LogP contribution in [-0.2, 0) is 10.0 Å². The number of benzene rings is 1. The minimum absolute atomic E-state index is 0.394. The maximum atomic E-state index is 10.9. The number of anilines is 1. The van der Waals surface area contributed by atoms with Gasteiger partial charge in [-0.1, -0.05) is 11.6 Å². The minimum Gasteiger partial charge on any atom is -0.282 e. The molecular formula is C7H7ClINO2S. The van der Waals surface area contributed by atoms with Gasteiger partial charge in [0, 0.05) is 3.57 Å². The van der Waals surface area contributed by atoms with Crippen LogP contribution >= 0.6 is 34.2 Å². The number of hydrogen-bond donors (Lipinski definition) is 1. The van der Waals surface area contributed by atoms with Crippen molar-refractivity contribution in [3.05, 3.63) is 26.8 Å². The molecule has 6 heteroatoms. The number of halogens is 2. The maximum Gasteiger partial charge on any atom is 0.229 e. The molecule has 0 aliphatic rings. The van der Waals surface area contributed by atoms with Gasteiger partial charge in [-0.05, 0) is 40.8 Å². The molecule has 1 aromatic rings. The van der Waals surface area contributed by atoms with E-state index in [9.17, 15) is 8.42 Å². The summed E-state index contributed by atoms with van der Waals surface area (Å²) in [5.74, 6) is 0. The smallest absolute Gasteiger partial charge is 0.229 e. The van der Waals surface area contributed by atoms with Gasteiger partial charge in [-0.15, -0.1) is 0 Å². The summed E-state index contributed by atoms with van der Waals surface area (Å²) in [5, 5.41) is 0.394. The number of sulfonamides is 1. The molecule has 0 unspecified atom stereocenters. The predicted octanol–water partition coefficient (Wildman–Crippen LogP) is 2.32. The summed E-state index contributed by atoms with van der Waals surface area (Å²) >= 11 is 7.85. The van der Waals surface area contributed by atoms with Crippen molar-refractivity contribution < 1.29 is 8.42 Å². The summed E-state index contributed by atoms with van der Waals surface area (Å²) in [6, 6.07) is 5.12. The Labute approximate surface area is 95.7 Å². The molecule has 0 radical (unpaired) electrons. The van der Waals surface area contributed by atoms with E-state index in [0.29, 0.717) is 10.7 Å². The van der Waals surface area contributed by atoms with E-state index in [4.69, 9.17) is 11.6 Å². The van der Waals surface area contributed by atoms with E-state index in [0.717, 1.165) is 9.83 Å². The SMILES string of the molecule is CS(=O)(=O)Nc1cc(I)ccc1Cl. The monoisotopic (exact) mass is 331 g/mol. The van der Waals surface area contributed by atoms with Crippen molar-refractivity contribution in [1.82, 2.24) is 0 Å². The average Bonchev–Trinajstić information content (AvgIpc) is 1.94. The highest BCUT2D eigenvalue weighted by Crippen LogP contribution is 2.24. The molecule has 72 valence electrons. The summed E-state index contributed by atoms with van der Waals surface area (Å²) < 4.78 is 25.0. The third-order valence-corrected chi connectivity index (χ3v) is 2.82. The van der Waals surface area contributed by atoms with E-state index in [1.165, 1.54) is 0 Å². The zero-order valence-corrected chi connectivity index (χ0v) is 10.4. The molecular weight excluding hydrogens is 325 g/mol. The van der Waals surface area contributed by atoms with Crippen LogP contribution in [0.1, 0.15) is 0 Å². The van der Waals surface area contributed by atoms with E-state index in [-0.39, 0.29) is 0 Å². The number of nitrogens with one attached hydrogen (secondary N) is 1. The standard InChI is InChI=1S/C7H7ClINO2S/c1-13(11,12)10-7-4-5(9)2-3-6(7)8/h2-4,10H,1H3. The van der Waals surface area contributed by atoms with Crippen molar-refractivity contribution in [3.8, 4) is 0 Å². The highest BCUT2D eigenvalue weighted by Gasteiger charge is 2.05. The van der Waals surface area contributed by atoms with Gasteiger partial charge in [-0.3, -0.25) is 4.72 Å². The minimum atomic E-state index is -3.25. The van der Waals surface area contributed by atoms with Gasteiger partial charge in [0.05, 0.1) is 17.0 Å². The fourth-order valence-electron chi connectivity index (χ4n) is 0.775. The largest absolute Gasteiger partial charge is 0.282 e. The molecule has 0 heterocycles.